The van der Waals surface area contributed by atoms with Crippen LogP contribution < -0.4 is 18.9 Å². The average Bonchev–Trinajstić information content (AvgIpc) is 0.722. The van der Waals surface area contributed by atoms with Crippen molar-refractivity contribution in [1.29, 1.82) is 0 Å². The summed E-state index contributed by atoms with van der Waals surface area (Å²) in [5, 5.41) is 0. The smallest absolute Gasteiger partial charge is 1.00 e. The van der Waals surface area contributed by atoms with Crippen molar-refractivity contribution in [3.8, 4) is 0 Å². The normalized spacial score (nSPS) is 7.38. The van der Waals surface area contributed by atoms with E-state index >= 15 is 0 Å². The van der Waals surface area contributed by atoms with Crippen LogP contribution in [-0.4, -0.2) is 32.3 Å². The largest absolute Gasteiger partial charge is 1.00 e. The monoisotopic (exact) mass is 232 g/mol. The van der Waals surface area contributed by atoms with Gasteiger partial charge in [-0.3, -0.25) is 0 Å². The Morgan fingerprint density at radius 2 is 1.25 bits per heavy atom. The topological polar surface area (TPSA) is 77.8 Å². The van der Waals surface area contributed by atoms with E-state index in [0.29, 0.717) is 0 Å². The second-order valence-electron chi connectivity index (χ2n) is 0.513. The fraction of sp³-hybridized carbons (Fsp3) is 0. The molecule has 0 radical (unpaired) electrons. The van der Waals surface area contributed by atoms with E-state index in [9.17, 15) is 0 Å². The van der Waals surface area contributed by atoms with Crippen LogP contribution in [0.3, 0.4) is 0 Å². The van der Waals surface area contributed by atoms with Crippen molar-refractivity contribution in [2.75, 3.05) is 0 Å². The van der Waals surface area contributed by atoms with E-state index in [0.717, 1.165) is 0 Å². The Morgan fingerprint density at radius 1 is 1.25 bits per heavy atom. The average molecular weight is 230 g/mol. The minimum atomic E-state index is -4.64. The van der Waals surface area contributed by atoms with Crippen LogP contribution >= 0.6 is 7.82 Å². The zero-order valence-corrected chi connectivity index (χ0v) is 6.15. The molecular weight excluding hydrogens is 222 g/mol. The maximum Gasteiger partial charge on any atom is 1.00 e. The molecule has 8 heteroatoms. The summed E-state index contributed by atoms with van der Waals surface area (Å²) in [5.74, 6) is 0. The van der Waals surface area contributed by atoms with Gasteiger partial charge in [0.1, 0.15) is 0 Å². The molecule has 46 valence electrons. The van der Waals surface area contributed by atoms with Crippen LogP contribution in [0.4, 0.5) is 0 Å². The molecule has 0 aliphatic heterocycles. The van der Waals surface area contributed by atoms with Gasteiger partial charge in [0.25, 0.3) is 0 Å². The summed E-state index contributed by atoms with van der Waals surface area (Å²) in [6, 6.07) is 0. The summed E-state index contributed by atoms with van der Waals surface area (Å²) in [6.45, 7) is 0. The van der Waals surface area contributed by atoms with Crippen LogP contribution in [0, 0.1) is 0 Å². The molecule has 0 heterocycles. The van der Waals surface area contributed by atoms with Crippen LogP contribution in [0.1, 0.15) is 1.43 Å². The number of phosphoric acid groups is 1. The summed E-state index contributed by atoms with van der Waals surface area (Å²) < 4.78 is 8.88. The molecule has 0 fully saturated rings. The molecular formula is H8GeLiO4PTi. The standard InChI is InChI=1S/GeH4.Li.H3O4P.Ti.H/c;;1-5(2,3)4;;/h1H4;;(H3,1,2,3,4);;/q;+1;;;-1. The van der Waals surface area contributed by atoms with Gasteiger partial charge in [-0.15, -0.1) is 0 Å². The number of hydrogen-bond donors (Lipinski definition) is 3. The van der Waals surface area contributed by atoms with Crippen molar-refractivity contribution in [1.82, 2.24) is 0 Å². The molecule has 0 amide bonds. The first-order chi connectivity index (χ1) is 2.00. The van der Waals surface area contributed by atoms with Crippen molar-refractivity contribution >= 4 is 25.4 Å². The maximum atomic E-state index is 8.88. The fourth-order valence-electron chi connectivity index (χ4n) is 0. The van der Waals surface area contributed by atoms with Crippen LogP contribution in [-0.2, 0) is 26.3 Å². The van der Waals surface area contributed by atoms with Gasteiger partial charge in [-0.05, 0) is 0 Å². The molecule has 0 atom stereocenters. The summed E-state index contributed by atoms with van der Waals surface area (Å²) >= 11 is 0. The minimum Gasteiger partial charge on any atom is -1.00 e. The van der Waals surface area contributed by atoms with Crippen molar-refractivity contribution < 1.29 is 61.3 Å². The van der Waals surface area contributed by atoms with E-state index in [4.69, 9.17) is 19.2 Å². The summed E-state index contributed by atoms with van der Waals surface area (Å²) in [5.41, 5.74) is 0. The Kier molecular flexibility index (Phi) is 25.2. The molecule has 0 saturated carbocycles. The van der Waals surface area contributed by atoms with Gasteiger partial charge in [0.05, 0.1) is 0 Å². The van der Waals surface area contributed by atoms with Gasteiger partial charge in [0.2, 0.25) is 0 Å². The first kappa shape index (κ1) is 22.5. The van der Waals surface area contributed by atoms with Gasteiger partial charge in [-0.25, -0.2) is 4.57 Å². The molecule has 0 aromatic carbocycles. The third kappa shape index (κ3) is 100. The van der Waals surface area contributed by atoms with Crippen molar-refractivity contribution in [2.45, 2.75) is 0 Å². The van der Waals surface area contributed by atoms with Crippen molar-refractivity contribution in [3.63, 3.8) is 0 Å². The first-order valence-corrected chi connectivity index (χ1v) is 2.35. The first-order valence-electron chi connectivity index (χ1n) is 0.783. The van der Waals surface area contributed by atoms with Crippen molar-refractivity contribution in [2.24, 2.45) is 0 Å². The van der Waals surface area contributed by atoms with E-state index in [2.05, 4.69) is 0 Å². The minimum absolute atomic E-state index is 0. The Labute approximate surface area is 86.2 Å². The molecule has 0 aliphatic rings. The van der Waals surface area contributed by atoms with E-state index < -0.39 is 7.82 Å². The second-order valence-corrected chi connectivity index (χ2v) is 1.54. The molecule has 3 N–H and O–H groups in total. The van der Waals surface area contributed by atoms with Crippen LogP contribution in [0.5, 0.6) is 0 Å². The van der Waals surface area contributed by atoms with E-state index in [-0.39, 0.29) is 59.6 Å². The third-order valence-corrected chi connectivity index (χ3v) is 0. The van der Waals surface area contributed by atoms with E-state index in [1.807, 2.05) is 0 Å². The summed E-state index contributed by atoms with van der Waals surface area (Å²) in [6.07, 6.45) is 0. The van der Waals surface area contributed by atoms with Gasteiger partial charge >= 0.3 is 44.3 Å². The Hall–Kier alpha value is 1.96. The fourth-order valence-corrected chi connectivity index (χ4v) is 0. The van der Waals surface area contributed by atoms with Gasteiger partial charge < -0.3 is 16.1 Å². The predicted molar refractivity (Wildman–Crippen MR) is 26.7 cm³/mol. The molecule has 0 saturated heterocycles. The molecule has 0 aliphatic carbocycles. The second kappa shape index (κ2) is 8.96. The SMILES string of the molecule is O=P(O)(O)O.[GeH4].[H-].[Li+].[Ti]. The predicted octanol–water partition coefficient (Wildman–Crippen LogP) is -5.27. The molecule has 0 rings (SSSR count). The third-order valence-electron chi connectivity index (χ3n) is 0. The number of hydrogen-bond acceptors (Lipinski definition) is 1. The van der Waals surface area contributed by atoms with Crippen LogP contribution in [0.25, 0.3) is 0 Å². The van der Waals surface area contributed by atoms with E-state index in [1.165, 1.54) is 0 Å². The molecule has 0 unspecified atom stereocenters. The molecule has 0 aromatic rings. The zero-order valence-electron chi connectivity index (χ0n) is 4.70. The Bertz CT molecular complexity index is 66.7. The van der Waals surface area contributed by atoms with Gasteiger partial charge in [-0.2, -0.15) is 0 Å². The number of rotatable bonds is 0. The van der Waals surface area contributed by atoms with Crippen molar-refractivity contribution in [3.05, 3.63) is 0 Å². The molecule has 4 nitrogen and oxygen atoms in total. The zero-order chi connectivity index (χ0) is 4.50. The maximum absolute atomic E-state index is 8.88. The molecule has 0 spiro atoms. The van der Waals surface area contributed by atoms with E-state index in [1.54, 1.807) is 0 Å². The quantitative estimate of drug-likeness (QED) is 0.287. The molecule has 0 bridgehead atoms. The molecule has 0 aromatic heterocycles. The van der Waals surface area contributed by atoms with Gasteiger partial charge in [-0.1, -0.05) is 0 Å². The summed E-state index contributed by atoms with van der Waals surface area (Å²) in [7, 11) is -4.64. The van der Waals surface area contributed by atoms with Gasteiger partial charge in [0.15, 0.2) is 0 Å². The van der Waals surface area contributed by atoms with Crippen LogP contribution in [0.2, 0.25) is 0 Å². The Balaban J connectivity index is -0.0000000133. The van der Waals surface area contributed by atoms with Crippen LogP contribution in [0.15, 0.2) is 0 Å². The Morgan fingerprint density at radius 3 is 1.25 bits per heavy atom. The molecule has 8 heavy (non-hydrogen) atoms. The summed E-state index contributed by atoms with van der Waals surface area (Å²) in [4.78, 5) is 21.6. The van der Waals surface area contributed by atoms with Gasteiger partial charge in [0, 0.05) is 21.7 Å².